The molecule has 0 radical (unpaired) electrons. The highest BCUT2D eigenvalue weighted by Crippen LogP contribution is 2.45. The highest BCUT2D eigenvalue weighted by Gasteiger charge is 2.30. The van der Waals surface area contributed by atoms with E-state index in [1.54, 1.807) is 16.7 Å². The molecule has 24 heavy (non-hydrogen) atoms. The maximum atomic E-state index is 11.6. The molecular formula is C15H13N3O5S. The molecule has 0 aliphatic heterocycles. The van der Waals surface area contributed by atoms with Crippen molar-refractivity contribution in [2.75, 3.05) is 14.2 Å². The van der Waals surface area contributed by atoms with Gasteiger partial charge in [0.05, 0.1) is 19.1 Å². The van der Waals surface area contributed by atoms with Gasteiger partial charge in [0.2, 0.25) is 0 Å². The molecule has 0 aliphatic rings. The molecule has 9 heteroatoms. The zero-order valence-electron chi connectivity index (χ0n) is 13.1. The van der Waals surface area contributed by atoms with E-state index in [1.807, 2.05) is 6.92 Å². The van der Waals surface area contributed by atoms with Crippen LogP contribution in [-0.2, 0) is 0 Å². The van der Waals surface area contributed by atoms with Crippen molar-refractivity contribution >= 4 is 28.3 Å². The van der Waals surface area contributed by atoms with Gasteiger partial charge >= 0.3 is 5.69 Å². The molecule has 1 aromatic carbocycles. The average molecular weight is 347 g/mol. The van der Waals surface area contributed by atoms with Gasteiger partial charge in [-0.25, -0.2) is 4.98 Å². The molecule has 3 rings (SSSR count). The molecule has 0 bridgehead atoms. The van der Waals surface area contributed by atoms with Crippen LogP contribution < -0.4 is 9.47 Å². The van der Waals surface area contributed by atoms with E-state index < -0.39 is 4.92 Å². The van der Waals surface area contributed by atoms with Gasteiger partial charge < -0.3 is 9.47 Å². The van der Waals surface area contributed by atoms with Crippen LogP contribution in [0.3, 0.4) is 0 Å². The molecule has 124 valence electrons. The molecular weight excluding hydrogens is 334 g/mol. The number of nitro groups is 1. The summed E-state index contributed by atoms with van der Waals surface area (Å²) in [6, 6.07) is 3.00. The van der Waals surface area contributed by atoms with Crippen molar-refractivity contribution in [3.05, 3.63) is 39.0 Å². The third kappa shape index (κ3) is 2.29. The second-order valence-corrected chi connectivity index (χ2v) is 6.12. The number of carbonyl (C=O) groups is 1. The Morgan fingerprint density at radius 1 is 1.29 bits per heavy atom. The zero-order valence-corrected chi connectivity index (χ0v) is 13.9. The summed E-state index contributed by atoms with van der Waals surface area (Å²) in [5.41, 5.74) is 0.252. The summed E-state index contributed by atoms with van der Waals surface area (Å²) in [5, 5.41) is 11.6. The molecule has 8 nitrogen and oxygen atoms in total. The van der Waals surface area contributed by atoms with Gasteiger partial charge in [0.15, 0.2) is 17.0 Å². The Bertz CT molecular complexity index is 960. The Hall–Kier alpha value is -2.94. The molecule has 2 heterocycles. The molecule has 3 aromatic rings. The van der Waals surface area contributed by atoms with Gasteiger partial charge in [0.25, 0.3) is 0 Å². The van der Waals surface area contributed by atoms with Crippen molar-refractivity contribution in [2.24, 2.45) is 0 Å². The second kappa shape index (κ2) is 5.93. The van der Waals surface area contributed by atoms with Crippen molar-refractivity contribution in [1.82, 2.24) is 9.38 Å². The standard InChI is InChI=1S/C15H13N3O5S/c1-8-6-17-9(7-19)13(16-15(17)24-8)12-10(22-2)4-5-11(23-3)14(12)18(20)21/h4-7H,1-3H3. The fourth-order valence-electron chi connectivity index (χ4n) is 2.57. The fraction of sp³-hybridized carbons (Fsp3) is 0.200. The van der Waals surface area contributed by atoms with Crippen LogP contribution in [0.1, 0.15) is 15.4 Å². The molecule has 0 fully saturated rings. The fourth-order valence-corrected chi connectivity index (χ4v) is 3.40. The number of nitro benzene ring substituents is 1. The average Bonchev–Trinajstić information content (AvgIpc) is 3.08. The van der Waals surface area contributed by atoms with Crippen molar-refractivity contribution in [1.29, 1.82) is 0 Å². The summed E-state index contributed by atoms with van der Waals surface area (Å²) >= 11 is 1.39. The lowest BCUT2D eigenvalue weighted by atomic mass is 10.1. The van der Waals surface area contributed by atoms with E-state index in [0.29, 0.717) is 11.2 Å². The number of hydrogen-bond acceptors (Lipinski definition) is 7. The number of thiazole rings is 1. The summed E-state index contributed by atoms with van der Waals surface area (Å²) in [6.07, 6.45) is 2.39. The lowest BCUT2D eigenvalue weighted by Gasteiger charge is -2.10. The number of imidazole rings is 1. The molecule has 0 spiro atoms. The zero-order chi connectivity index (χ0) is 17.4. The van der Waals surface area contributed by atoms with Gasteiger partial charge in [-0.3, -0.25) is 19.3 Å². The van der Waals surface area contributed by atoms with Crippen LogP contribution >= 0.6 is 11.3 Å². The van der Waals surface area contributed by atoms with Gasteiger partial charge in [0, 0.05) is 11.1 Å². The molecule has 0 N–H and O–H groups in total. The van der Waals surface area contributed by atoms with E-state index in [9.17, 15) is 14.9 Å². The first-order valence-corrected chi connectivity index (χ1v) is 7.66. The molecule has 0 atom stereocenters. The number of rotatable bonds is 5. The number of nitrogens with zero attached hydrogens (tertiary/aromatic N) is 3. The highest BCUT2D eigenvalue weighted by atomic mass is 32.1. The summed E-state index contributed by atoms with van der Waals surface area (Å²) in [6.45, 7) is 1.89. The molecule has 0 saturated carbocycles. The first kappa shape index (κ1) is 15.9. The molecule has 0 aliphatic carbocycles. The number of benzene rings is 1. The minimum absolute atomic E-state index is 0.0696. The Morgan fingerprint density at radius 2 is 1.96 bits per heavy atom. The summed E-state index contributed by atoms with van der Waals surface area (Å²) < 4.78 is 12.0. The SMILES string of the molecule is COc1ccc(OC)c([N+](=O)[O-])c1-c1nc2sc(C)cn2c1C=O. The van der Waals surface area contributed by atoms with Crippen molar-refractivity contribution < 1.29 is 19.2 Å². The van der Waals surface area contributed by atoms with Crippen LogP contribution in [0.2, 0.25) is 0 Å². The summed E-state index contributed by atoms with van der Waals surface area (Å²) in [4.78, 5) is 28.6. The van der Waals surface area contributed by atoms with Gasteiger partial charge in [-0.2, -0.15) is 0 Å². The van der Waals surface area contributed by atoms with Gasteiger partial charge in [-0.15, -0.1) is 11.3 Å². The Kier molecular flexibility index (Phi) is 3.94. The Morgan fingerprint density at radius 3 is 2.54 bits per heavy atom. The number of methoxy groups -OCH3 is 2. The normalized spacial score (nSPS) is 10.8. The van der Waals surface area contributed by atoms with Crippen LogP contribution in [0.4, 0.5) is 5.69 Å². The number of aromatic nitrogens is 2. The van der Waals surface area contributed by atoms with E-state index in [-0.39, 0.29) is 34.1 Å². The molecule has 0 unspecified atom stereocenters. The van der Waals surface area contributed by atoms with E-state index >= 15 is 0 Å². The van der Waals surface area contributed by atoms with Crippen LogP contribution in [0.5, 0.6) is 11.5 Å². The van der Waals surface area contributed by atoms with Crippen molar-refractivity contribution in [3.8, 4) is 22.8 Å². The van der Waals surface area contributed by atoms with E-state index in [0.717, 1.165) is 4.88 Å². The van der Waals surface area contributed by atoms with Crippen LogP contribution in [-0.4, -0.2) is 34.8 Å². The molecule has 0 saturated heterocycles. The van der Waals surface area contributed by atoms with Crippen LogP contribution in [0.25, 0.3) is 16.2 Å². The van der Waals surface area contributed by atoms with Crippen molar-refractivity contribution in [2.45, 2.75) is 6.92 Å². The lowest BCUT2D eigenvalue weighted by Crippen LogP contribution is -2.01. The first-order valence-electron chi connectivity index (χ1n) is 6.85. The monoisotopic (exact) mass is 347 g/mol. The highest BCUT2D eigenvalue weighted by molar-refractivity contribution is 7.17. The van der Waals surface area contributed by atoms with Crippen LogP contribution in [0, 0.1) is 17.0 Å². The predicted octanol–water partition coefficient (Wildman–Crippen LogP) is 3.11. The molecule has 2 aromatic heterocycles. The van der Waals surface area contributed by atoms with Gasteiger partial charge in [0.1, 0.15) is 22.7 Å². The Labute approximate surface area is 140 Å². The third-order valence-electron chi connectivity index (χ3n) is 3.55. The van der Waals surface area contributed by atoms with E-state index in [2.05, 4.69) is 4.98 Å². The topological polar surface area (TPSA) is 96.0 Å². The molecule has 0 amide bonds. The largest absolute Gasteiger partial charge is 0.496 e. The summed E-state index contributed by atoms with van der Waals surface area (Å²) in [5.74, 6) is 0.313. The smallest absolute Gasteiger partial charge is 0.324 e. The number of aryl methyl sites for hydroxylation is 1. The van der Waals surface area contributed by atoms with E-state index in [4.69, 9.17) is 9.47 Å². The summed E-state index contributed by atoms with van der Waals surface area (Å²) in [7, 11) is 2.74. The Balaban J connectivity index is 2.42. The van der Waals surface area contributed by atoms with Gasteiger partial charge in [-0.05, 0) is 19.1 Å². The third-order valence-corrected chi connectivity index (χ3v) is 4.45. The maximum absolute atomic E-state index is 11.6. The van der Waals surface area contributed by atoms with Crippen molar-refractivity contribution in [3.63, 3.8) is 0 Å². The number of aldehydes is 1. The number of hydrogen-bond donors (Lipinski definition) is 0. The number of fused-ring (bicyclic) bond motifs is 1. The van der Waals surface area contributed by atoms with Gasteiger partial charge in [-0.1, -0.05) is 0 Å². The maximum Gasteiger partial charge on any atom is 0.324 e. The number of carbonyl (C=O) groups excluding carboxylic acids is 1. The lowest BCUT2D eigenvalue weighted by molar-refractivity contribution is -0.385. The van der Waals surface area contributed by atoms with Crippen LogP contribution in [0.15, 0.2) is 18.3 Å². The quantitative estimate of drug-likeness (QED) is 0.400. The minimum Gasteiger partial charge on any atom is -0.496 e. The first-order chi connectivity index (χ1) is 11.5. The predicted molar refractivity (Wildman–Crippen MR) is 88.4 cm³/mol. The van der Waals surface area contributed by atoms with E-state index in [1.165, 1.54) is 31.6 Å². The second-order valence-electron chi connectivity index (χ2n) is 4.91. The number of ether oxygens (including phenoxy) is 2. The minimum atomic E-state index is -0.566.